The van der Waals surface area contributed by atoms with Crippen LogP contribution in [0.3, 0.4) is 0 Å². The Kier molecular flexibility index (Phi) is 4.97. The molecule has 120 valence electrons. The second-order valence-electron chi connectivity index (χ2n) is 5.35. The van der Waals surface area contributed by atoms with E-state index in [9.17, 15) is 14.7 Å². The second-order valence-corrected chi connectivity index (χ2v) is 7.42. The molecular formula is C16H15ClN2O3S. The number of nitrogens with two attached hydrogens (primary N) is 1. The van der Waals surface area contributed by atoms with Gasteiger partial charge >= 0.3 is 5.97 Å². The van der Waals surface area contributed by atoms with Crippen molar-refractivity contribution in [3.05, 3.63) is 47.2 Å². The van der Waals surface area contributed by atoms with Crippen molar-refractivity contribution >= 4 is 35.2 Å². The molecule has 3 N–H and O–H groups in total. The lowest BCUT2D eigenvalue weighted by molar-refractivity contribution is -0.138. The van der Waals surface area contributed by atoms with Crippen molar-refractivity contribution in [2.24, 2.45) is 5.73 Å². The van der Waals surface area contributed by atoms with E-state index in [-0.39, 0.29) is 10.6 Å². The molecule has 0 spiro atoms. The number of carbonyl (C=O) groups is 2. The van der Waals surface area contributed by atoms with Gasteiger partial charge in [0.2, 0.25) is 5.91 Å². The van der Waals surface area contributed by atoms with Gasteiger partial charge in [-0.3, -0.25) is 14.6 Å². The Balaban J connectivity index is 2.47. The van der Waals surface area contributed by atoms with E-state index in [0.717, 1.165) is 16.0 Å². The minimum Gasteiger partial charge on any atom is -0.480 e. The van der Waals surface area contributed by atoms with Crippen molar-refractivity contribution in [3.8, 4) is 11.1 Å². The first-order valence-corrected chi connectivity index (χ1v) is 7.88. The quantitative estimate of drug-likeness (QED) is 0.805. The molecule has 23 heavy (non-hydrogen) atoms. The van der Waals surface area contributed by atoms with Crippen molar-refractivity contribution in [1.29, 1.82) is 0 Å². The summed E-state index contributed by atoms with van der Waals surface area (Å²) in [5, 5.41) is 9.54. The maximum absolute atomic E-state index is 11.3. The number of carbonyl (C=O) groups excluding carboxylic acids is 1. The molecule has 1 amide bonds. The Bertz CT molecular complexity index is 778. The number of benzene rings is 1. The number of thioether (sulfide) groups is 1. The third-order valence-electron chi connectivity index (χ3n) is 3.21. The topological polar surface area (TPSA) is 93.3 Å². The second kappa shape index (κ2) is 6.60. The van der Waals surface area contributed by atoms with Crippen LogP contribution in [0.4, 0.5) is 0 Å². The lowest BCUT2D eigenvalue weighted by atomic mass is 10.1. The van der Waals surface area contributed by atoms with Gasteiger partial charge in [0.25, 0.3) is 0 Å². The number of amides is 1. The van der Waals surface area contributed by atoms with Crippen molar-refractivity contribution in [2.45, 2.75) is 23.5 Å². The first-order chi connectivity index (χ1) is 10.7. The number of carboxylic acids is 1. The van der Waals surface area contributed by atoms with Crippen molar-refractivity contribution in [2.75, 3.05) is 0 Å². The van der Waals surface area contributed by atoms with Crippen LogP contribution in [0, 0.1) is 0 Å². The van der Waals surface area contributed by atoms with E-state index in [1.54, 1.807) is 50.5 Å². The van der Waals surface area contributed by atoms with Crippen LogP contribution >= 0.6 is 23.4 Å². The molecule has 0 aliphatic rings. The Morgan fingerprint density at radius 3 is 2.57 bits per heavy atom. The average molecular weight is 351 g/mol. The van der Waals surface area contributed by atoms with E-state index < -0.39 is 16.6 Å². The van der Waals surface area contributed by atoms with Gasteiger partial charge in [-0.25, -0.2) is 0 Å². The van der Waals surface area contributed by atoms with Crippen LogP contribution in [-0.2, 0) is 4.79 Å². The highest BCUT2D eigenvalue weighted by molar-refractivity contribution is 8.01. The maximum Gasteiger partial charge on any atom is 0.319 e. The van der Waals surface area contributed by atoms with Gasteiger partial charge in [-0.05, 0) is 37.6 Å². The number of pyridine rings is 1. The lowest BCUT2D eigenvalue weighted by Crippen LogP contribution is -2.27. The molecule has 0 bridgehead atoms. The maximum atomic E-state index is 11.3. The summed E-state index contributed by atoms with van der Waals surface area (Å²) < 4.78 is -0.993. The normalized spacial score (nSPS) is 11.3. The van der Waals surface area contributed by atoms with Gasteiger partial charge in [-0.1, -0.05) is 17.7 Å². The zero-order valence-electron chi connectivity index (χ0n) is 12.5. The molecule has 0 radical (unpaired) electrons. The SMILES string of the molecule is CC(C)(Sc1ccncc1-c1ccc(C(N)=O)c(Cl)c1)C(=O)O. The van der Waals surface area contributed by atoms with Crippen LogP contribution in [0.2, 0.25) is 5.02 Å². The fourth-order valence-corrected chi connectivity index (χ4v) is 3.21. The highest BCUT2D eigenvalue weighted by atomic mass is 35.5. The van der Waals surface area contributed by atoms with Gasteiger partial charge in [0.05, 0.1) is 10.6 Å². The summed E-state index contributed by atoms with van der Waals surface area (Å²) in [6.07, 6.45) is 3.24. The predicted molar refractivity (Wildman–Crippen MR) is 90.8 cm³/mol. The summed E-state index contributed by atoms with van der Waals surface area (Å²) in [6.45, 7) is 3.26. The van der Waals surface area contributed by atoms with E-state index in [1.807, 2.05) is 0 Å². The predicted octanol–water partition coefficient (Wildman–Crippen LogP) is 3.46. The van der Waals surface area contributed by atoms with E-state index in [0.29, 0.717) is 0 Å². The third-order valence-corrected chi connectivity index (χ3v) is 4.78. The molecule has 2 aromatic rings. The number of aliphatic carboxylic acids is 1. The van der Waals surface area contributed by atoms with Crippen molar-refractivity contribution in [1.82, 2.24) is 4.98 Å². The van der Waals surface area contributed by atoms with Crippen LogP contribution in [0.5, 0.6) is 0 Å². The first kappa shape index (κ1) is 17.3. The molecule has 2 rings (SSSR count). The number of halogens is 1. The number of hydrogen-bond donors (Lipinski definition) is 2. The summed E-state index contributed by atoms with van der Waals surface area (Å²) in [6, 6.07) is 6.63. The molecular weight excluding hydrogens is 336 g/mol. The summed E-state index contributed by atoms with van der Waals surface area (Å²) in [7, 11) is 0. The van der Waals surface area contributed by atoms with Gasteiger partial charge in [-0.15, -0.1) is 11.8 Å². The highest BCUT2D eigenvalue weighted by Gasteiger charge is 2.29. The minimum atomic E-state index is -0.993. The van der Waals surface area contributed by atoms with Gasteiger partial charge in [0, 0.05) is 22.9 Å². The average Bonchev–Trinajstić information content (AvgIpc) is 2.46. The molecule has 0 aliphatic heterocycles. The van der Waals surface area contributed by atoms with Crippen molar-refractivity contribution < 1.29 is 14.7 Å². The van der Waals surface area contributed by atoms with Crippen LogP contribution in [0.15, 0.2) is 41.6 Å². The molecule has 7 heteroatoms. The van der Waals surface area contributed by atoms with Crippen molar-refractivity contribution in [3.63, 3.8) is 0 Å². The summed E-state index contributed by atoms with van der Waals surface area (Å²) >= 11 is 7.31. The van der Waals surface area contributed by atoms with Gasteiger partial charge in [0.15, 0.2) is 0 Å². The largest absolute Gasteiger partial charge is 0.480 e. The van der Waals surface area contributed by atoms with Gasteiger partial charge in [0.1, 0.15) is 4.75 Å². The van der Waals surface area contributed by atoms with Crippen LogP contribution < -0.4 is 5.73 Å². The summed E-state index contributed by atoms with van der Waals surface area (Å²) in [4.78, 5) is 27.4. The third kappa shape index (κ3) is 3.83. The standard InChI is InChI=1S/C16H15ClN2O3S/c1-16(2,15(21)22)23-13-5-6-19-8-11(13)9-3-4-10(14(18)20)12(17)7-9/h3-8H,1-2H3,(H2,18,20)(H,21,22). The Morgan fingerprint density at radius 1 is 1.30 bits per heavy atom. The first-order valence-electron chi connectivity index (χ1n) is 6.68. The zero-order chi connectivity index (χ0) is 17.2. The lowest BCUT2D eigenvalue weighted by Gasteiger charge is -2.20. The van der Waals surface area contributed by atoms with E-state index in [1.165, 1.54) is 11.8 Å². The van der Waals surface area contributed by atoms with Crippen LogP contribution in [0.1, 0.15) is 24.2 Å². The van der Waals surface area contributed by atoms with Gasteiger partial charge in [-0.2, -0.15) is 0 Å². The molecule has 5 nitrogen and oxygen atoms in total. The molecule has 0 saturated heterocycles. The molecule has 0 unspecified atom stereocenters. The van der Waals surface area contributed by atoms with E-state index >= 15 is 0 Å². The highest BCUT2D eigenvalue weighted by Crippen LogP contribution is 2.39. The Labute approximate surface area is 142 Å². The van der Waals surface area contributed by atoms with Crippen LogP contribution in [-0.4, -0.2) is 26.7 Å². The number of primary amides is 1. The van der Waals surface area contributed by atoms with E-state index in [2.05, 4.69) is 4.98 Å². The van der Waals surface area contributed by atoms with Gasteiger partial charge < -0.3 is 10.8 Å². The summed E-state index contributed by atoms with van der Waals surface area (Å²) in [5.41, 5.74) is 6.95. The molecule has 0 fully saturated rings. The fourth-order valence-electron chi connectivity index (χ4n) is 1.89. The number of rotatable bonds is 5. The molecule has 1 heterocycles. The monoisotopic (exact) mass is 350 g/mol. The van der Waals surface area contributed by atoms with E-state index in [4.69, 9.17) is 17.3 Å². The number of aromatic nitrogens is 1. The zero-order valence-corrected chi connectivity index (χ0v) is 14.1. The smallest absolute Gasteiger partial charge is 0.319 e. The number of carboxylic acid groups (broad SMARTS) is 1. The molecule has 1 aromatic heterocycles. The molecule has 0 atom stereocenters. The minimum absolute atomic E-state index is 0.236. The van der Waals surface area contributed by atoms with Crippen LogP contribution in [0.25, 0.3) is 11.1 Å². The number of nitrogens with zero attached hydrogens (tertiary/aromatic N) is 1. The Hall–Kier alpha value is -2.05. The molecule has 0 aliphatic carbocycles. The number of hydrogen-bond acceptors (Lipinski definition) is 4. The fraction of sp³-hybridized carbons (Fsp3) is 0.188. The summed E-state index contributed by atoms with van der Waals surface area (Å²) in [5.74, 6) is -1.51. The molecule has 1 aromatic carbocycles. The Morgan fingerprint density at radius 2 is 2.00 bits per heavy atom. The molecule has 0 saturated carbocycles.